The third-order valence-corrected chi connectivity index (χ3v) is 4.81. The maximum absolute atomic E-state index is 12.5. The first kappa shape index (κ1) is 15.8. The molecule has 5 nitrogen and oxygen atoms in total. The summed E-state index contributed by atoms with van der Waals surface area (Å²) in [5, 5.41) is 0. The van der Waals surface area contributed by atoms with Crippen molar-refractivity contribution in [1.29, 1.82) is 0 Å². The summed E-state index contributed by atoms with van der Waals surface area (Å²) < 4.78 is 22.2. The zero-order chi connectivity index (χ0) is 17.4. The summed E-state index contributed by atoms with van der Waals surface area (Å²) >= 11 is 0. The Balaban J connectivity index is 1.78. The highest BCUT2D eigenvalue weighted by atomic mass is 16.5. The topological polar surface area (TPSA) is 57.9 Å². The van der Waals surface area contributed by atoms with Crippen molar-refractivity contribution in [1.82, 2.24) is 0 Å². The predicted octanol–water partition coefficient (Wildman–Crippen LogP) is 4.04. The van der Waals surface area contributed by atoms with E-state index in [0.717, 1.165) is 31.2 Å². The summed E-state index contributed by atoms with van der Waals surface area (Å²) in [7, 11) is 3.15. The van der Waals surface area contributed by atoms with Crippen LogP contribution in [0.5, 0.6) is 17.2 Å². The maximum atomic E-state index is 12.5. The highest BCUT2D eigenvalue weighted by Crippen LogP contribution is 2.38. The second kappa shape index (κ2) is 6.31. The van der Waals surface area contributed by atoms with Crippen molar-refractivity contribution >= 4 is 6.08 Å². The van der Waals surface area contributed by atoms with Crippen molar-refractivity contribution in [3.05, 3.63) is 45.8 Å². The highest BCUT2D eigenvalue weighted by molar-refractivity contribution is 5.68. The van der Waals surface area contributed by atoms with Crippen LogP contribution in [0.15, 0.2) is 39.1 Å². The Labute approximate surface area is 145 Å². The normalized spacial score (nSPS) is 18.5. The standard InChI is InChI=1S/C20H20O5/c1-22-16-8-7-13(10-19(16)23-2)17-11-18-14(20(21)25-17)9-12-5-3-4-6-15(12)24-18/h7-11,15H,3-6H2,1-2H3/t15-/m0/s1. The molecule has 0 N–H and O–H groups in total. The van der Waals surface area contributed by atoms with Crippen LogP contribution < -0.4 is 19.8 Å². The van der Waals surface area contributed by atoms with Gasteiger partial charge in [-0.2, -0.15) is 0 Å². The van der Waals surface area contributed by atoms with Gasteiger partial charge in [-0.3, -0.25) is 0 Å². The SMILES string of the molecule is COc1ccc(-c2cc3c(c(=O)o2)C=C2CCCC[C@@H]2O3)cc1OC. The molecular weight excluding hydrogens is 320 g/mol. The van der Waals surface area contributed by atoms with Crippen LogP contribution in [0.1, 0.15) is 31.2 Å². The molecule has 2 aliphatic rings. The molecule has 1 aromatic heterocycles. The van der Waals surface area contributed by atoms with Crippen molar-refractivity contribution in [3.63, 3.8) is 0 Å². The number of ether oxygens (including phenoxy) is 3. The van der Waals surface area contributed by atoms with Gasteiger partial charge in [0.1, 0.15) is 23.2 Å². The van der Waals surface area contributed by atoms with Crippen LogP contribution in [-0.2, 0) is 0 Å². The van der Waals surface area contributed by atoms with Crippen LogP contribution in [0.25, 0.3) is 17.4 Å². The van der Waals surface area contributed by atoms with Gasteiger partial charge in [0.05, 0.1) is 14.2 Å². The summed E-state index contributed by atoms with van der Waals surface area (Å²) in [5.41, 5.74) is 2.07. The monoisotopic (exact) mass is 340 g/mol. The smallest absolute Gasteiger partial charge is 0.347 e. The van der Waals surface area contributed by atoms with Gasteiger partial charge in [-0.05, 0) is 55.5 Å². The number of benzene rings is 1. The second-order valence-corrected chi connectivity index (χ2v) is 6.32. The van der Waals surface area contributed by atoms with Gasteiger partial charge >= 0.3 is 5.63 Å². The minimum absolute atomic E-state index is 0.0845. The maximum Gasteiger partial charge on any atom is 0.347 e. The number of methoxy groups -OCH3 is 2. The van der Waals surface area contributed by atoms with Crippen molar-refractivity contribution in [3.8, 4) is 28.6 Å². The molecule has 130 valence electrons. The first-order valence-electron chi connectivity index (χ1n) is 8.47. The Morgan fingerprint density at radius 2 is 1.92 bits per heavy atom. The molecule has 0 unspecified atom stereocenters. The number of hydrogen-bond donors (Lipinski definition) is 0. The van der Waals surface area contributed by atoms with Crippen molar-refractivity contribution in [2.24, 2.45) is 0 Å². The van der Waals surface area contributed by atoms with Crippen LogP contribution in [0.2, 0.25) is 0 Å². The summed E-state index contributed by atoms with van der Waals surface area (Å²) in [6.07, 6.45) is 6.32. The van der Waals surface area contributed by atoms with Crippen LogP contribution in [0.3, 0.4) is 0 Å². The van der Waals surface area contributed by atoms with E-state index in [1.54, 1.807) is 32.4 Å². The third kappa shape index (κ3) is 2.80. The Kier molecular flexibility index (Phi) is 3.99. The van der Waals surface area contributed by atoms with Crippen LogP contribution in [-0.4, -0.2) is 20.3 Å². The quantitative estimate of drug-likeness (QED) is 0.844. The van der Waals surface area contributed by atoms with Gasteiger partial charge in [0, 0.05) is 11.6 Å². The van der Waals surface area contributed by atoms with Gasteiger partial charge in [-0.25, -0.2) is 4.79 Å². The molecule has 0 bridgehead atoms. The van der Waals surface area contributed by atoms with Crippen molar-refractivity contribution < 1.29 is 18.6 Å². The first-order valence-corrected chi connectivity index (χ1v) is 8.47. The van der Waals surface area contributed by atoms with Gasteiger partial charge in [-0.1, -0.05) is 0 Å². The van der Waals surface area contributed by atoms with Gasteiger partial charge in [0.25, 0.3) is 0 Å². The lowest BCUT2D eigenvalue weighted by molar-refractivity contribution is 0.198. The fourth-order valence-corrected chi connectivity index (χ4v) is 3.48. The molecule has 0 spiro atoms. The summed E-state index contributed by atoms with van der Waals surface area (Å²) in [6, 6.07) is 7.19. The molecule has 0 amide bonds. The summed E-state index contributed by atoms with van der Waals surface area (Å²) in [6.45, 7) is 0. The fraction of sp³-hybridized carbons (Fsp3) is 0.350. The Morgan fingerprint density at radius 1 is 1.08 bits per heavy atom. The lowest BCUT2D eigenvalue weighted by Gasteiger charge is -2.30. The third-order valence-electron chi connectivity index (χ3n) is 4.81. The van der Waals surface area contributed by atoms with Crippen molar-refractivity contribution in [2.75, 3.05) is 14.2 Å². The molecule has 1 aromatic carbocycles. The fourth-order valence-electron chi connectivity index (χ4n) is 3.48. The zero-order valence-corrected chi connectivity index (χ0v) is 14.3. The van der Waals surface area contributed by atoms with Crippen molar-refractivity contribution in [2.45, 2.75) is 31.8 Å². The van der Waals surface area contributed by atoms with E-state index < -0.39 is 0 Å². The summed E-state index contributed by atoms with van der Waals surface area (Å²) in [5.74, 6) is 2.25. The second-order valence-electron chi connectivity index (χ2n) is 6.32. The number of fused-ring (bicyclic) bond motifs is 2. The number of rotatable bonds is 3. The Bertz CT molecular complexity index is 893. The van der Waals surface area contributed by atoms with Gasteiger partial charge in [-0.15, -0.1) is 0 Å². The molecule has 0 radical (unpaired) electrons. The molecular formula is C20H20O5. The Morgan fingerprint density at radius 3 is 2.72 bits per heavy atom. The van der Waals surface area contributed by atoms with Crippen LogP contribution >= 0.6 is 0 Å². The van der Waals surface area contributed by atoms with E-state index in [-0.39, 0.29) is 11.7 Å². The van der Waals surface area contributed by atoms with E-state index in [1.807, 2.05) is 12.1 Å². The highest BCUT2D eigenvalue weighted by Gasteiger charge is 2.28. The molecule has 1 fully saturated rings. The van der Waals surface area contributed by atoms with E-state index in [0.29, 0.717) is 28.6 Å². The van der Waals surface area contributed by atoms with E-state index >= 15 is 0 Å². The average Bonchev–Trinajstić information content (AvgIpc) is 2.66. The van der Waals surface area contributed by atoms with E-state index in [4.69, 9.17) is 18.6 Å². The molecule has 5 heteroatoms. The molecule has 1 atom stereocenters. The van der Waals surface area contributed by atoms with Crippen LogP contribution in [0.4, 0.5) is 0 Å². The lowest BCUT2D eigenvalue weighted by atomic mass is 9.89. The largest absolute Gasteiger partial charge is 0.493 e. The average molecular weight is 340 g/mol. The molecule has 1 aliphatic carbocycles. The predicted molar refractivity (Wildman–Crippen MR) is 94.4 cm³/mol. The molecule has 0 saturated heterocycles. The molecule has 25 heavy (non-hydrogen) atoms. The van der Waals surface area contributed by atoms with Gasteiger partial charge in [0.15, 0.2) is 11.5 Å². The minimum atomic E-state index is -0.376. The number of hydrogen-bond acceptors (Lipinski definition) is 5. The molecule has 1 saturated carbocycles. The lowest BCUT2D eigenvalue weighted by Crippen LogP contribution is -2.27. The van der Waals surface area contributed by atoms with Crippen LogP contribution in [0, 0.1) is 0 Å². The van der Waals surface area contributed by atoms with E-state index in [1.165, 1.54) is 5.57 Å². The van der Waals surface area contributed by atoms with E-state index in [9.17, 15) is 4.79 Å². The zero-order valence-electron chi connectivity index (χ0n) is 14.3. The molecule has 4 rings (SSSR count). The van der Waals surface area contributed by atoms with Gasteiger partial charge in [0.2, 0.25) is 0 Å². The first-order chi connectivity index (χ1) is 12.2. The minimum Gasteiger partial charge on any atom is -0.493 e. The molecule has 1 aliphatic heterocycles. The Hall–Kier alpha value is -2.69. The van der Waals surface area contributed by atoms with E-state index in [2.05, 4.69) is 0 Å². The molecule has 2 aromatic rings. The van der Waals surface area contributed by atoms with Gasteiger partial charge < -0.3 is 18.6 Å². The molecule has 2 heterocycles. The summed E-state index contributed by atoms with van der Waals surface area (Å²) in [4.78, 5) is 12.5.